The fourth-order valence-corrected chi connectivity index (χ4v) is 2.59. The zero-order valence-electron chi connectivity index (χ0n) is 11.0. The van der Waals surface area contributed by atoms with Crippen molar-refractivity contribution in [2.45, 2.75) is 51.5 Å². The van der Waals surface area contributed by atoms with Gasteiger partial charge in [0.15, 0.2) is 0 Å². The van der Waals surface area contributed by atoms with Crippen LogP contribution < -0.4 is 5.32 Å². The van der Waals surface area contributed by atoms with E-state index >= 15 is 0 Å². The van der Waals surface area contributed by atoms with Crippen molar-refractivity contribution in [2.75, 3.05) is 20.6 Å². The Labute approximate surface area is 99.6 Å². The summed E-state index contributed by atoms with van der Waals surface area (Å²) in [5.74, 6) is 1.04. The monoisotopic (exact) mass is 226 g/mol. The number of nitrogens with zero attached hydrogens (tertiary/aromatic N) is 1. The maximum Gasteiger partial charge on any atom is 0.236 e. The smallest absolute Gasteiger partial charge is 0.236 e. The largest absolute Gasteiger partial charge is 0.342 e. The first-order chi connectivity index (χ1) is 7.65. The van der Waals surface area contributed by atoms with Crippen molar-refractivity contribution in [1.29, 1.82) is 0 Å². The van der Waals surface area contributed by atoms with E-state index in [1.165, 1.54) is 38.5 Å². The molecule has 0 aliphatic heterocycles. The molecule has 1 atom stereocenters. The predicted molar refractivity (Wildman–Crippen MR) is 67.4 cm³/mol. The van der Waals surface area contributed by atoms with Gasteiger partial charge in [0.05, 0.1) is 6.54 Å². The number of carbonyl (C=O) groups excluding carboxylic acids is 1. The Balaban J connectivity index is 2.32. The van der Waals surface area contributed by atoms with Crippen molar-refractivity contribution >= 4 is 5.91 Å². The molecule has 1 aliphatic carbocycles. The van der Waals surface area contributed by atoms with E-state index in [4.69, 9.17) is 0 Å². The molecule has 1 amide bonds. The number of likely N-dealkylation sites (N-methyl/N-ethyl adjacent to an activating group) is 2. The Bertz CT molecular complexity index is 212. The molecule has 1 aliphatic rings. The number of hydrogen-bond acceptors (Lipinski definition) is 2. The van der Waals surface area contributed by atoms with Gasteiger partial charge in [0.25, 0.3) is 0 Å². The molecular formula is C13H26N2O. The average molecular weight is 226 g/mol. The number of nitrogens with one attached hydrogen (secondary N) is 1. The van der Waals surface area contributed by atoms with Gasteiger partial charge in [0, 0.05) is 13.1 Å². The summed E-state index contributed by atoms with van der Waals surface area (Å²) in [6.07, 6.45) is 8.05. The van der Waals surface area contributed by atoms with E-state index in [1.807, 2.05) is 19.0 Å². The van der Waals surface area contributed by atoms with E-state index in [9.17, 15) is 4.79 Å². The van der Waals surface area contributed by atoms with Gasteiger partial charge in [-0.1, -0.05) is 32.1 Å². The molecule has 0 aromatic carbocycles. The van der Waals surface area contributed by atoms with Gasteiger partial charge >= 0.3 is 0 Å². The average Bonchev–Trinajstić information content (AvgIpc) is 2.29. The maximum absolute atomic E-state index is 11.7. The standard InChI is InChI=1S/C13H26N2O/c1-11(15(3)13(16)10-14-2)9-12-7-5-4-6-8-12/h11-12,14H,4-10H2,1-3H3. The van der Waals surface area contributed by atoms with Crippen LogP contribution in [0.3, 0.4) is 0 Å². The summed E-state index contributed by atoms with van der Waals surface area (Å²) in [4.78, 5) is 13.6. The molecule has 0 heterocycles. The molecule has 94 valence electrons. The fraction of sp³-hybridized carbons (Fsp3) is 0.923. The molecule has 0 aromatic rings. The lowest BCUT2D eigenvalue weighted by Gasteiger charge is -2.30. The molecule has 1 rings (SSSR count). The highest BCUT2D eigenvalue weighted by atomic mass is 16.2. The van der Waals surface area contributed by atoms with Gasteiger partial charge < -0.3 is 10.2 Å². The molecule has 1 unspecified atom stereocenters. The molecule has 16 heavy (non-hydrogen) atoms. The van der Waals surface area contributed by atoms with Crippen LogP contribution in [0.25, 0.3) is 0 Å². The molecule has 0 radical (unpaired) electrons. The van der Waals surface area contributed by atoms with Crippen molar-refractivity contribution in [3.05, 3.63) is 0 Å². The van der Waals surface area contributed by atoms with E-state index in [0.29, 0.717) is 12.6 Å². The van der Waals surface area contributed by atoms with Gasteiger partial charge in [0.2, 0.25) is 5.91 Å². The summed E-state index contributed by atoms with van der Waals surface area (Å²) < 4.78 is 0. The first-order valence-corrected chi connectivity index (χ1v) is 6.55. The first kappa shape index (κ1) is 13.5. The van der Waals surface area contributed by atoms with Crippen molar-refractivity contribution < 1.29 is 4.79 Å². The van der Waals surface area contributed by atoms with Gasteiger partial charge in [-0.05, 0) is 26.3 Å². The van der Waals surface area contributed by atoms with Crippen molar-refractivity contribution in [3.8, 4) is 0 Å². The Morgan fingerprint density at radius 2 is 2.00 bits per heavy atom. The molecule has 1 fully saturated rings. The topological polar surface area (TPSA) is 32.3 Å². The van der Waals surface area contributed by atoms with Crippen LogP contribution in [0.1, 0.15) is 45.4 Å². The summed E-state index contributed by atoms with van der Waals surface area (Å²) in [5.41, 5.74) is 0. The van der Waals surface area contributed by atoms with Crippen LogP contribution in [0.5, 0.6) is 0 Å². The third-order valence-electron chi connectivity index (χ3n) is 3.78. The van der Waals surface area contributed by atoms with Crippen molar-refractivity contribution in [3.63, 3.8) is 0 Å². The number of amides is 1. The minimum Gasteiger partial charge on any atom is -0.342 e. The van der Waals surface area contributed by atoms with Crippen LogP contribution >= 0.6 is 0 Å². The van der Waals surface area contributed by atoms with E-state index < -0.39 is 0 Å². The second-order valence-electron chi connectivity index (χ2n) is 5.12. The molecule has 0 spiro atoms. The normalized spacial score (nSPS) is 19.4. The second kappa shape index (κ2) is 6.89. The van der Waals surface area contributed by atoms with E-state index in [-0.39, 0.29) is 5.91 Å². The minimum atomic E-state index is 0.200. The molecular weight excluding hydrogens is 200 g/mol. The van der Waals surface area contributed by atoms with E-state index in [2.05, 4.69) is 12.2 Å². The lowest BCUT2D eigenvalue weighted by atomic mass is 9.85. The minimum absolute atomic E-state index is 0.200. The predicted octanol–water partition coefficient (Wildman–Crippen LogP) is 2.02. The molecule has 1 N–H and O–H groups in total. The molecule has 0 bridgehead atoms. The van der Waals surface area contributed by atoms with Crippen LogP contribution in [0.4, 0.5) is 0 Å². The number of hydrogen-bond donors (Lipinski definition) is 1. The Hall–Kier alpha value is -0.570. The van der Waals surface area contributed by atoms with Crippen molar-refractivity contribution in [2.24, 2.45) is 5.92 Å². The van der Waals surface area contributed by atoms with Gasteiger partial charge in [-0.3, -0.25) is 4.79 Å². The van der Waals surface area contributed by atoms with Gasteiger partial charge in [0.1, 0.15) is 0 Å². The highest BCUT2D eigenvalue weighted by molar-refractivity contribution is 5.78. The zero-order valence-corrected chi connectivity index (χ0v) is 11.0. The Kier molecular flexibility index (Phi) is 5.81. The summed E-state index contributed by atoms with van der Waals surface area (Å²) >= 11 is 0. The SMILES string of the molecule is CNCC(=O)N(C)C(C)CC1CCCCC1. The summed E-state index contributed by atoms with van der Waals surface area (Å²) in [6, 6.07) is 0.379. The summed E-state index contributed by atoms with van der Waals surface area (Å²) in [7, 11) is 3.74. The summed E-state index contributed by atoms with van der Waals surface area (Å²) in [5, 5.41) is 2.92. The van der Waals surface area contributed by atoms with Gasteiger partial charge in [-0.15, -0.1) is 0 Å². The fourth-order valence-electron chi connectivity index (χ4n) is 2.59. The third-order valence-corrected chi connectivity index (χ3v) is 3.78. The maximum atomic E-state index is 11.7. The molecule has 3 heteroatoms. The van der Waals surface area contributed by atoms with E-state index in [0.717, 1.165) is 5.92 Å². The number of carbonyl (C=O) groups is 1. The molecule has 0 aromatic heterocycles. The quantitative estimate of drug-likeness (QED) is 0.778. The van der Waals surface area contributed by atoms with Crippen LogP contribution in [-0.4, -0.2) is 37.5 Å². The summed E-state index contributed by atoms with van der Waals surface area (Å²) in [6.45, 7) is 2.62. The van der Waals surface area contributed by atoms with Crippen molar-refractivity contribution in [1.82, 2.24) is 10.2 Å². The Morgan fingerprint density at radius 3 is 2.56 bits per heavy atom. The Morgan fingerprint density at radius 1 is 1.38 bits per heavy atom. The van der Waals surface area contributed by atoms with Crippen LogP contribution in [0.15, 0.2) is 0 Å². The van der Waals surface area contributed by atoms with Crippen LogP contribution in [-0.2, 0) is 4.79 Å². The lowest BCUT2D eigenvalue weighted by molar-refractivity contribution is -0.130. The molecule has 0 saturated heterocycles. The highest BCUT2D eigenvalue weighted by Crippen LogP contribution is 2.28. The van der Waals surface area contributed by atoms with E-state index in [1.54, 1.807) is 0 Å². The second-order valence-corrected chi connectivity index (χ2v) is 5.12. The van der Waals surface area contributed by atoms with Crippen LogP contribution in [0.2, 0.25) is 0 Å². The van der Waals surface area contributed by atoms with Gasteiger partial charge in [-0.2, -0.15) is 0 Å². The molecule has 3 nitrogen and oxygen atoms in total. The lowest BCUT2D eigenvalue weighted by Crippen LogP contribution is -2.40. The van der Waals surface area contributed by atoms with Crippen LogP contribution in [0, 0.1) is 5.92 Å². The molecule has 1 saturated carbocycles. The van der Waals surface area contributed by atoms with Gasteiger partial charge in [-0.25, -0.2) is 0 Å². The number of rotatable bonds is 5. The zero-order chi connectivity index (χ0) is 12.0. The first-order valence-electron chi connectivity index (χ1n) is 6.55. The third kappa shape index (κ3) is 4.12. The highest BCUT2D eigenvalue weighted by Gasteiger charge is 2.20.